The first-order valence-corrected chi connectivity index (χ1v) is 10.2. The molecule has 0 aromatic carbocycles. The van der Waals surface area contributed by atoms with Crippen LogP contribution in [0, 0.1) is 0 Å². The van der Waals surface area contributed by atoms with Crippen LogP contribution in [-0.4, -0.2) is 79.7 Å². The van der Waals surface area contributed by atoms with Crippen molar-refractivity contribution in [1.82, 2.24) is 39.7 Å². The van der Waals surface area contributed by atoms with Crippen LogP contribution in [0.5, 0.6) is 0 Å². The Labute approximate surface area is 175 Å². The van der Waals surface area contributed by atoms with Gasteiger partial charge in [-0.3, -0.25) is 14.4 Å². The quantitative estimate of drug-likeness (QED) is 0.343. The maximum atomic E-state index is 5.95. The summed E-state index contributed by atoms with van der Waals surface area (Å²) < 4.78 is 9.49. The minimum Gasteiger partial charge on any atom is -0.370 e. The number of nitrogens with zero attached hydrogens (tertiary/aromatic N) is 8. The van der Waals surface area contributed by atoms with E-state index in [9.17, 15) is 0 Å². The Kier molecular flexibility index (Phi) is 6.07. The van der Waals surface area contributed by atoms with Crippen LogP contribution in [0.1, 0.15) is 18.6 Å². The smallest absolute Gasteiger partial charge is 0.194 e. The Morgan fingerprint density at radius 2 is 2.17 bits per heavy atom. The van der Waals surface area contributed by atoms with Crippen molar-refractivity contribution in [2.75, 3.05) is 44.6 Å². The number of nitrogens with one attached hydrogen (secondary N) is 2. The number of fused-ring (bicyclic) bond motifs is 1. The van der Waals surface area contributed by atoms with Crippen LogP contribution in [0.2, 0.25) is 0 Å². The molecule has 0 spiro atoms. The van der Waals surface area contributed by atoms with Crippen LogP contribution in [0.3, 0.4) is 0 Å². The van der Waals surface area contributed by atoms with E-state index >= 15 is 0 Å². The van der Waals surface area contributed by atoms with Crippen molar-refractivity contribution in [2.24, 2.45) is 19.1 Å². The average Bonchev–Trinajstić information content (AvgIpc) is 3.37. The highest BCUT2D eigenvalue weighted by molar-refractivity contribution is 5.86. The summed E-state index contributed by atoms with van der Waals surface area (Å²) in [5, 5.41) is 16.1. The minimum atomic E-state index is -0.00526. The van der Waals surface area contributed by atoms with Gasteiger partial charge in [0.25, 0.3) is 0 Å². The zero-order valence-corrected chi connectivity index (χ0v) is 17.6. The summed E-state index contributed by atoms with van der Waals surface area (Å²) in [7, 11) is 3.78. The third-order valence-corrected chi connectivity index (χ3v) is 4.99. The molecule has 0 radical (unpaired) electrons. The molecule has 3 aromatic rings. The van der Waals surface area contributed by atoms with Crippen LogP contribution < -0.4 is 10.6 Å². The second-order valence-corrected chi connectivity index (χ2v) is 7.14. The SMILES string of the molecule is CCNC(=NCCNc1ncnc2c1cnn2C)N1CCOC(c2cnn(C)c2)C1. The van der Waals surface area contributed by atoms with E-state index in [0.29, 0.717) is 19.7 Å². The van der Waals surface area contributed by atoms with Gasteiger partial charge in [0.2, 0.25) is 0 Å². The van der Waals surface area contributed by atoms with E-state index in [2.05, 4.69) is 42.6 Å². The van der Waals surface area contributed by atoms with Crippen molar-refractivity contribution in [3.8, 4) is 0 Å². The van der Waals surface area contributed by atoms with Crippen molar-refractivity contribution in [2.45, 2.75) is 13.0 Å². The first kappa shape index (κ1) is 20.1. The van der Waals surface area contributed by atoms with E-state index in [1.54, 1.807) is 21.9 Å². The lowest BCUT2D eigenvalue weighted by molar-refractivity contribution is -0.00803. The molecule has 11 nitrogen and oxygen atoms in total. The molecular formula is C19H28N10O. The molecule has 1 aliphatic rings. The highest BCUT2D eigenvalue weighted by Crippen LogP contribution is 2.21. The number of rotatable bonds is 6. The largest absolute Gasteiger partial charge is 0.370 e. The maximum absolute atomic E-state index is 5.95. The first-order chi connectivity index (χ1) is 14.7. The van der Waals surface area contributed by atoms with Gasteiger partial charge in [0, 0.05) is 45.5 Å². The molecule has 1 unspecified atom stereocenters. The lowest BCUT2D eigenvalue weighted by atomic mass is 10.1. The Hall–Kier alpha value is -3.21. The molecule has 1 atom stereocenters. The molecule has 3 aromatic heterocycles. The molecule has 0 bridgehead atoms. The Morgan fingerprint density at radius 1 is 1.27 bits per heavy atom. The molecule has 1 aliphatic heterocycles. The fourth-order valence-electron chi connectivity index (χ4n) is 3.51. The number of aliphatic imine (C=N–C) groups is 1. The monoisotopic (exact) mass is 412 g/mol. The number of ether oxygens (including phenoxy) is 1. The zero-order chi connectivity index (χ0) is 20.9. The molecule has 4 rings (SSSR count). The van der Waals surface area contributed by atoms with Gasteiger partial charge in [-0.05, 0) is 6.92 Å². The molecule has 1 fully saturated rings. The Morgan fingerprint density at radius 3 is 2.97 bits per heavy atom. The maximum Gasteiger partial charge on any atom is 0.194 e. The second kappa shape index (κ2) is 9.08. The third-order valence-electron chi connectivity index (χ3n) is 4.99. The molecule has 1 saturated heterocycles. The molecular weight excluding hydrogens is 384 g/mol. The topological polar surface area (TPSA) is 110 Å². The van der Waals surface area contributed by atoms with Gasteiger partial charge in [-0.15, -0.1) is 0 Å². The van der Waals surface area contributed by atoms with Gasteiger partial charge < -0.3 is 20.3 Å². The van der Waals surface area contributed by atoms with Gasteiger partial charge in [-0.2, -0.15) is 10.2 Å². The molecule has 0 aliphatic carbocycles. The summed E-state index contributed by atoms with van der Waals surface area (Å²) in [5.41, 5.74) is 1.89. The molecule has 2 N–H and O–H groups in total. The van der Waals surface area contributed by atoms with Crippen LogP contribution >= 0.6 is 0 Å². The second-order valence-electron chi connectivity index (χ2n) is 7.14. The average molecular weight is 413 g/mol. The predicted molar refractivity (Wildman–Crippen MR) is 114 cm³/mol. The van der Waals surface area contributed by atoms with Crippen molar-refractivity contribution in [1.29, 1.82) is 0 Å². The lowest BCUT2D eigenvalue weighted by Gasteiger charge is -2.34. The number of aromatic nitrogens is 6. The van der Waals surface area contributed by atoms with Gasteiger partial charge >= 0.3 is 0 Å². The van der Waals surface area contributed by atoms with Gasteiger partial charge in [0.1, 0.15) is 18.2 Å². The summed E-state index contributed by atoms with van der Waals surface area (Å²) in [6.07, 6.45) is 7.18. The van der Waals surface area contributed by atoms with Crippen LogP contribution in [-0.2, 0) is 18.8 Å². The normalized spacial score (nSPS) is 17.5. The minimum absolute atomic E-state index is 0.00526. The number of morpholine rings is 1. The number of hydrogen-bond acceptors (Lipinski definition) is 7. The number of hydrogen-bond donors (Lipinski definition) is 2. The van der Waals surface area contributed by atoms with E-state index in [-0.39, 0.29) is 6.10 Å². The van der Waals surface area contributed by atoms with E-state index in [4.69, 9.17) is 9.73 Å². The summed E-state index contributed by atoms with van der Waals surface area (Å²) in [6.45, 7) is 6.36. The summed E-state index contributed by atoms with van der Waals surface area (Å²) in [6, 6.07) is 0. The number of aryl methyl sites for hydroxylation is 2. The fourth-order valence-corrected chi connectivity index (χ4v) is 3.51. The molecule has 4 heterocycles. The van der Waals surface area contributed by atoms with E-state index in [1.165, 1.54) is 0 Å². The molecule has 11 heteroatoms. The number of anilines is 1. The zero-order valence-electron chi connectivity index (χ0n) is 17.6. The first-order valence-electron chi connectivity index (χ1n) is 10.2. The number of guanidine groups is 1. The van der Waals surface area contributed by atoms with Crippen molar-refractivity contribution >= 4 is 22.8 Å². The van der Waals surface area contributed by atoms with Crippen LogP contribution in [0.4, 0.5) is 5.82 Å². The van der Waals surface area contributed by atoms with Crippen LogP contribution in [0.25, 0.3) is 11.0 Å². The van der Waals surface area contributed by atoms with E-state index in [0.717, 1.165) is 48.0 Å². The van der Waals surface area contributed by atoms with Gasteiger partial charge in [0.15, 0.2) is 11.6 Å². The summed E-state index contributed by atoms with van der Waals surface area (Å²) in [4.78, 5) is 15.6. The Balaban J connectivity index is 1.38. The van der Waals surface area contributed by atoms with Crippen LogP contribution in [0.15, 0.2) is 29.9 Å². The summed E-state index contributed by atoms with van der Waals surface area (Å²) >= 11 is 0. The predicted octanol–water partition coefficient (Wildman–Crippen LogP) is 0.548. The molecule has 0 amide bonds. The lowest BCUT2D eigenvalue weighted by Crippen LogP contribution is -2.48. The molecule has 30 heavy (non-hydrogen) atoms. The third kappa shape index (κ3) is 4.35. The summed E-state index contributed by atoms with van der Waals surface area (Å²) in [5.74, 6) is 1.67. The van der Waals surface area contributed by atoms with E-state index < -0.39 is 0 Å². The van der Waals surface area contributed by atoms with Crippen molar-refractivity contribution in [3.05, 3.63) is 30.5 Å². The standard InChI is InChI=1S/C19H28N10O/c1-4-20-19(29-7-8-30-16(12-29)14-9-25-27(2)11-14)22-6-5-21-17-15-10-26-28(3)18(15)24-13-23-17/h9-11,13,16H,4-8,12H2,1-3H3,(H,20,22)(H,21,23,24). The van der Waals surface area contributed by atoms with Gasteiger partial charge in [-0.1, -0.05) is 0 Å². The molecule has 160 valence electrons. The molecule has 0 saturated carbocycles. The fraction of sp³-hybridized carbons (Fsp3) is 0.526. The van der Waals surface area contributed by atoms with Gasteiger partial charge in [0.05, 0.1) is 37.5 Å². The van der Waals surface area contributed by atoms with E-state index in [1.807, 2.05) is 26.5 Å². The Bertz CT molecular complexity index is 1010. The van der Waals surface area contributed by atoms with Crippen molar-refractivity contribution < 1.29 is 4.74 Å². The highest BCUT2D eigenvalue weighted by Gasteiger charge is 2.25. The van der Waals surface area contributed by atoms with Crippen molar-refractivity contribution in [3.63, 3.8) is 0 Å². The highest BCUT2D eigenvalue weighted by atomic mass is 16.5. The van der Waals surface area contributed by atoms with Gasteiger partial charge in [-0.25, -0.2) is 9.97 Å².